The first-order chi connectivity index (χ1) is 17.2. The first-order valence-electron chi connectivity index (χ1n) is 13.5. The van der Waals surface area contributed by atoms with E-state index in [-0.39, 0.29) is 17.8 Å². The molecule has 8 nitrogen and oxygen atoms in total. The summed E-state index contributed by atoms with van der Waals surface area (Å²) in [6, 6.07) is 7.22. The smallest absolute Gasteiger partial charge is 0.271 e. The van der Waals surface area contributed by atoms with E-state index in [0.29, 0.717) is 30.0 Å². The molecule has 36 heavy (non-hydrogen) atoms. The third-order valence-corrected chi connectivity index (χ3v) is 7.81. The number of nitrogens with one attached hydrogen (secondary N) is 2. The molecule has 0 atom stereocenters. The Morgan fingerprint density at radius 1 is 1.11 bits per heavy atom. The van der Waals surface area contributed by atoms with Gasteiger partial charge in [-0.3, -0.25) is 4.79 Å². The maximum Gasteiger partial charge on any atom is 0.271 e. The second kappa shape index (κ2) is 11.6. The van der Waals surface area contributed by atoms with Crippen molar-refractivity contribution >= 4 is 23.2 Å². The molecule has 0 spiro atoms. The minimum Gasteiger partial charge on any atom is -0.393 e. The summed E-state index contributed by atoms with van der Waals surface area (Å²) in [4.78, 5) is 24.2. The van der Waals surface area contributed by atoms with Gasteiger partial charge in [0.15, 0.2) is 11.5 Å². The molecule has 1 aliphatic heterocycles. The number of carbonyl (C=O) groups excluding carboxylic acids is 1. The van der Waals surface area contributed by atoms with Crippen LogP contribution in [0.5, 0.6) is 0 Å². The summed E-state index contributed by atoms with van der Waals surface area (Å²) >= 11 is 0. The minimum absolute atomic E-state index is 0.152. The molecule has 8 heteroatoms. The Balaban J connectivity index is 1.54. The number of aryl methyl sites for hydroxylation is 2. The van der Waals surface area contributed by atoms with Crippen molar-refractivity contribution in [2.45, 2.75) is 96.7 Å². The van der Waals surface area contributed by atoms with Crippen LogP contribution in [0.2, 0.25) is 0 Å². The highest BCUT2D eigenvalue weighted by atomic mass is 16.3. The highest BCUT2D eigenvalue weighted by molar-refractivity contribution is 5.96. The highest BCUT2D eigenvalue weighted by Crippen LogP contribution is 2.33. The summed E-state index contributed by atoms with van der Waals surface area (Å²) in [6.45, 7) is 11.0. The van der Waals surface area contributed by atoms with E-state index >= 15 is 0 Å². The van der Waals surface area contributed by atoms with Crippen molar-refractivity contribution in [3.05, 3.63) is 40.7 Å². The summed E-state index contributed by atoms with van der Waals surface area (Å²) in [7, 11) is 0. The first-order valence-corrected chi connectivity index (χ1v) is 13.5. The van der Waals surface area contributed by atoms with E-state index in [9.17, 15) is 9.90 Å². The number of nitrogens with zero attached hydrogens (tertiary/aromatic N) is 3. The van der Waals surface area contributed by atoms with Gasteiger partial charge in [0.05, 0.1) is 11.8 Å². The van der Waals surface area contributed by atoms with Crippen LogP contribution in [-0.2, 0) is 6.42 Å². The SMILES string of the molecule is CCc1nc(C(N)=O)c(Nc2ccc(C3CCN(C(C)C)CC3)c(C)c2)nc1NC1CCC(O)CC1. The standard InChI is InChI=1S/C28H42N6O2/c1-5-24-27(30-20-6-9-22(35)10-7-20)33-28(25(32-24)26(29)36)31-21-8-11-23(18(4)16-21)19-12-14-34(15-13-19)17(2)3/h8,11,16-17,19-20,22,35H,5-7,9-10,12-15H2,1-4H3,(H2,29,36)(H2,30,31,33). The fourth-order valence-corrected chi connectivity index (χ4v) is 5.58. The van der Waals surface area contributed by atoms with Gasteiger partial charge in [0, 0.05) is 17.8 Å². The number of rotatable bonds is 8. The Kier molecular flexibility index (Phi) is 8.46. The molecule has 0 unspecified atom stereocenters. The maximum atomic E-state index is 12.2. The number of hydrogen-bond donors (Lipinski definition) is 4. The fourth-order valence-electron chi connectivity index (χ4n) is 5.58. The Hall–Kier alpha value is -2.71. The van der Waals surface area contributed by atoms with Gasteiger partial charge >= 0.3 is 0 Å². The van der Waals surface area contributed by atoms with Crippen molar-refractivity contribution in [2.75, 3.05) is 23.7 Å². The average Bonchev–Trinajstić information content (AvgIpc) is 2.85. The number of likely N-dealkylation sites (tertiary alicyclic amines) is 1. The van der Waals surface area contributed by atoms with Crippen LogP contribution in [0.15, 0.2) is 18.2 Å². The van der Waals surface area contributed by atoms with Crippen LogP contribution in [0.4, 0.5) is 17.3 Å². The third kappa shape index (κ3) is 6.16. The zero-order chi connectivity index (χ0) is 25.8. The molecule has 0 bridgehead atoms. The van der Waals surface area contributed by atoms with Crippen LogP contribution < -0.4 is 16.4 Å². The second-order valence-corrected chi connectivity index (χ2v) is 10.7. The van der Waals surface area contributed by atoms with Gasteiger partial charge in [-0.2, -0.15) is 0 Å². The number of aromatic nitrogens is 2. The van der Waals surface area contributed by atoms with Crippen molar-refractivity contribution in [1.82, 2.24) is 14.9 Å². The van der Waals surface area contributed by atoms with Gasteiger partial charge in [-0.15, -0.1) is 0 Å². The lowest BCUT2D eigenvalue weighted by Gasteiger charge is -2.35. The molecule has 1 saturated carbocycles. The monoisotopic (exact) mass is 494 g/mol. The third-order valence-electron chi connectivity index (χ3n) is 7.81. The topological polar surface area (TPSA) is 116 Å². The molecule has 1 aromatic heterocycles. The van der Waals surface area contributed by atoms with Crippen LogP contribution in [-0.4, -0.2) is 57.2 Å². The van der Waals surface area contributed by atoms with Gasteiger partial charge in [-0.25, -0.2) is 9.97 Å². The van der Waals surface area contributed by atoms with Crippen molar-refractivity contribution in [1.29, 1.82) is 0 Å². The molecule has 2 aliphatic rings. The van der Waals surface area contributed by atoms with Crippen molar-refractivity contribution in [2.24, 2.45) is 5.73 Å². The molecular weight excluding hydrogens is 452 g/mol. The predicted octanol–water partition coefficient (Wildman–Crippen LogP) is 4.49. The number of piperidine rings is 1. The van der Waals surface area contributed by atoms with Crippen molar-refractivity contribution < 1.29 is 9.90 Å². The van der Waals surface area contributed by atoms with E-state index in [4.69, 9.17) is 10.7 Å². The average molecular weight is 495 g/mol. The molecule has 5 N–H and O–H groups in total. The molecule has 1 amide bonds. The maximum absolute atomic E-state index is 12.2. The number of aliphatic hydroxyl groups excluding tert-OH is 1. The Morgan fingerprint density at radius 2 is 1.81 bits per heavy atom. The van der Waals surface area contributed by atoms with Crippen molar-refractivity contribution in [3.8, 4) is 0 Å². The van der Waals surface area contributed by atoms with Crippen LogP contribution in [0.1, 0.15) is 92.5 Å². The van der Waals surface area contributed by atoms with E-state index in [2.05, 4.69) is 59.5 Å². The number of amides is 1. The number of carbonyl (C=O) groups is 1. The summed E-state index contributed by atoms with van der Waals surface area (Å²) in [5, 5.41) is 16.7. The molecule has 2 aromatic rings. The van der Waals surface area contributed by atoms with E-state index < -0.39 is 5.91 Å². The number of aliphatic hydroxyl groups is 1. The van der Waals surface area contributed by atoms with Gasteiger partial charge in [0.25, 0.3) is 5.91 Å². The number of anilines is 3. The second-order valence-electron chi connectivity index (χ2n) is 10.7. The highest BCUT2D eigenvalue weighted by Gasteiger charge is 2.25. The quantitative estimate of drug-likeness (QED) is 0.427. The molecular formula is C28H42N6O2. The fraction of sp³-hybridized carbons (Fsp3) is 0.607. The normalized spacial score (nSPS) is 21.5. The molecule has 1 aliphatic carbocycles. The van der Waals surface area contributed by atoms with Gasteiger partial charge in [-0.1, -0.05) is 13.0 Å². The first kappa shape index (κ1) is 26.4. The van der Waals surface area contributed by atoms with Gasteiger partial charge in [0.2, 0.25) is 0 Å². The lowest BCUT2D eigenvalue weighted by atomic mass is 9.86. The predicted molar refractivity (Wildman–Crippen MR) is 145 cm³/mol. The molecule has 2 heterocycles. The number of benzene rings is 1. The summed E-state index contributed by atoms with van der Waals surface area (Å²) in [5.74, 6) is 1.02. The Bertz CT molecular complexity index is 1060. The van der Waals surface area contributed by atoms with E-state index in [1.54, 1.807) is 0 Å². The molecule has 196 valence electrons. The zero-order valence-corrected chi connectivity index (χ0v) is 22.2. The molecule has 1 saturated heterocycles. The number of primary amides is 1. The largest absolute Gasteiger partial charge is 0.393 e. The summed E-state index contributed by atoms with van der Waals surface area (Å²) < 4.78 is 0. The van der Waals surface area contributed by atoms with Crippen LogP contribution in [0.3, 0.4) is 0 Å². The van der Waals surface area contributed by atoms with E-state index in [1.807, 2.05) is 6.92 Å². The van der Waals surface area contributed by atoms with Crippen LogP contribution in [0.25, 0.3) is 0 Å². The summed E-state index contributed by atoms with van der Waals surface area (Å²) in [5.41, 5.74) is 10.1. The Labute approximate surface area is 215 Å². The number of nitrogens with two attached hydrogens (primary N) is 1. The molecule has 4 rings (SSSR count). The lowest BCUT2D eigenvalue weighted by Crippen LogP contribution is -2.37. The number of hydrogen-bond acceptors (Lipinski definition) is 7. The van der Waals surface area contributed by atoms with Crippen LogP contribution in [0, 0.1) is 6.92 Å². The van der Waals surface area contributed by atoms with Gasteiger partial charge < -0.3 is 26.4 Å². The van der Waals surface area contributed by atoms with Gasteiger partial charge in [0.1, 0.15) is 5.82 Å². The van der Waals surface area contributed by atoms with Crippen molar-refractivity contribution in [3.63, 3.8) is 0 Å². The van der Waals surface area contributed by atoms with Gasteiger partial charge in [-0.05, 0) is 108 Å². The molecule has 2 fully saturated rings. The van der Waals surface area contributed by atoms with E-state index in [0.717, 1.165) is 50.2 Å². The molecule has 0 radical (unpaired) electrons. The summed E-state index contributed by atoms with van der Waals surface area (Å²) in [6.07, 6.45) is 6.08. The zero-order valence-electron chi connectivity index (χ0n) is 22.2. The minimum atomic E-state index is -0.600. The molecule has 1 aromatic carbocycles. The van der Waals surface area contributed by atoms with Crippen LogP contribution >= 0.6 is 0 Å². The van der Waals surface area contributed by atoms with E-state index in [1.165, 1.54) is 24.0 Å². The Morgan fingerprint density at radius 3 is 2.39 bits per heavy atom. The lowest BCUT2D eigenvalue weighted by molar-refractivity contribution is 0.0996.